The third-order valence-corrected chi connectivity index (χ3v) is 4.38. The second-order valence-corrected chi connectivity index (χ2v) is 5.91. The minimum absolute atomic E-state index is 0.0600. The van der Waals surface area contributed by atoms with Crippen LogP contribution in [-0.4, -0.2) is 55.8 Å². The number of fused-ring (bicyclic) bond motifs is 1. The van der Waals surface area contributed by atoms with Gasteiger partial charge in [0.15, 0.2) is 0 Å². The molecule has 22 heavy (non-hydrogen) atoms. The quantitative estimate of drug-likeness (QED) is 0.899. The van der Waals surface area contributed by atoms with Crippen molar-refractivity contribution in [3.63, 3.8) is 0 Å². The van der Waals surface area contributed by atoms with Crippen molar-refractivity contribution in [2.75, 3.05) is 32.8 Å². The lowest BCUT2D eigenvalue weighted by molar-refractivity contribution is -0.0461. The van der Waals surface area contributed by atoms with Crippen LogP contribution in [0.25, 0.3) is 0 Å². The molecule has 3 rings (SSSR count). The van der Waals surface area contributed by atoms with Gasteiger partial charge in [-0.15, -0.1) is 0 Å². The number of rotatable bonds is 5. The van der Waals surface area contributed by atoms with E-state index in [0.717, 1.165) is 25.4 Å². The molecule has 2 atom stereocenters. The summed E-state index contributed by atoms with van der Waals surface area (Å²) in [6, 6.07) is 7.82. The Morgan fingerprint density at radius 1 is 1.41 bits per heavy atom. The number of nitrogens with one attached hydrogen (secondary N) is 1. The Hall–Kier alpha value is -1.59. The molecule has 5 nitrogen and oxygen atoms in total. The number of hydrogen-bond acceptors (Lipinski definition) is 4. The van der Waals surface area contributed by atoms with Gasteiger partial charge in [0.1, 0.15) is 5.75 Å². The number of nitrogens with zero attached hydrogens (tertiary/aromatic N) is 1. The summed E-state index contributed by atoms with van der Waals surface area (Å²) in [5.41, 5.74) is 0.651. The van der Waals surface area contributed by atoms with Crippen molar-refractivity contribution in [3.05, 3.63) is 29.8 Å². The first-order valence-corrected chi connectivity index (χ1v) is 8.13. The number of benzene rings is 1. The minimum atomic E-state index is -0.0600. The van der Waals surface area contributed by atoms with Gasteiger partial charge in [-0.2, -0.15) is 0 Å². The van der Waals surface area contributed by atoms with Crippen molar-refractivity contribution in [1.82, 2.24) is 10.2 Å². The van der Waals surface area contributed by atoms with E-state index in [2.05, 4.69) is 10.2 Å². The molecule has 2 saturated heterocycles. The highest BCUT2D eigenvalue weighted by atomic mass is 16.5. The van der Waals surface area contributed by atoms with Crippen LogP contribution in [0, 0.1) is 0 Å². The summed E-state index contributed by atoms with van der Waals surface area (Å²) >= 11 is 0. The number of amides is 1. The van der Waals surface area contributed by atoms with Gasteiger partial charge in [0.2, 0.25) is 0 Å². The van der Waals surface area contributed by atoms with E-state index in [9.17, 15) is 4.79 Å². The number of carbonyl (C=O) groups excluding carboxylic acids is 1. The molecule has 5 heteroatoms. The highest BCUT2D eigenvalue weighted by molar-refractivity contribution is 5.94. The lowest BCUT2D eigenvalue weighted by Crippen LogP contribution is -2.50. The van der Waals surface area contributed by atoms with Crippen LogP contribution in [0.3, 0.4) is 0 Å². The van der Waals surface area contributed by atoms with E-state index in [4.69, 9.17) is 9.47 Å². The Morgan fingerprint density at radius 2 is 2.23 bits per heavy atom. The summed E-state index contributed by atoms with van der Waals surface area (Å²) in [6.45, 7) is 6.02. The Morgan fingerprint density at radius 3 is 3.00 bits per heavy atom. The molecule has 0 aromatic heterocycles. The standard InChI is InChI=1S/C17H24N2O3/c1-2-21-15-7-5-13(6-8-15)17(20)18-10-16-11-19-9-3-4-14(19)12-22-16/h5-8,14,16H,2-4,9-12H2,1H3,(H,18,20)/t14-,16+/m1/s1. The monoisotopic (exact) mass is 304 g/mol. The smallest absolute Gasteiger partial charge is 0.251 e. The highest BCUT2D eigenvalue weighted by Gasteiger charge is 2.32. The van der Waals surface area contributed by atoms with Crippen molar-refractivity contribution in [3.8, 4) is 5.75 Å². The lowest BCUT2D eigenvalue weighted by Gasteiger charge is -2.35. The zero-order valence-corrected chi connectivity index (χ0v) is 13.1. The molecular weight excluding hydrogens is 280 g/mol. The molecule has 2 fully saturated rings. The first-order valence-electron chi connectivity index (χ1n) is 8.13. The molecule has 120 valence electrons. The fraction of sp³-hybridized carbons (Fsp3) is 0.588. The molecule has 0 radical (unpaired) electrons. The largest absolute Gasteiger partial charge is 0.494 e. The van der Waals surface area contributed by atoms with Gasteiger partial charge >= 0.3 is 0 Å². The minimum Gasteiger partial charge on any atom is -0.494 e. The highest BCUT2D eigenvalue weighted by Crippen LogP contribution is 2.22. The summed E-state index contributed by atoms with van der Waals surface area (Å²) in [7, 11) is 0. The second kappa shape index (κ2) is 7.11. The molecule has 1 aromatic carbocycles. The first kappa shape index (κ1) is 15.3. The van der Waals surface area contributed by atoms with Crippen LogP contribution in [-0.2, 0) is 4.74 Å². The molecule has 1 aromatic rings. The van der Waals surface area contributed by atoms with Gasteiger partial charge < -0.3 is 14.8 Å². The van der Waals surface area contributed by atoms with Gasteiger partial charge in [-0.3, -0.25) is 9.69 Å². The van der Waals surface area contributed by atoms with Gasteiger partial charge in [0.05, 0.1) is 19.3 Å². The lowest BCUT2D eigenvalue weighted by atomic mass is 10.1. The Kier molecular flexibility index (Phi) is 4.95. The molecular formula is C17H24N2O3. The predicted octanol–water partition coefficient (Wildman–Crippen LogP) is 1.68. The van der Waals surface area contributed by atoms with Crippen LogP contribution in [0.5, 0.6) is 5.75 Å². The van der Waals surface area contributed by atoms with E-state index >= 15 is 0 Å². The van der Waals surface area contributed by atoms with E-state index in [1.54, 1.807) is 12.1 Å². The first-order chi connectivity index (χ1) is 10.8. The maximum absolute atomic E-state index is 12.2. The average Bonchev–Trinajstić information content (AvgIpc) is 3.01. The van der Waals surface area contributed by atoms with E-state index in [1.165, 1.54) is 12.8 Å². The fourth-order valence-electron chi connectivity index (χ4n) is 3.19. The van der Waals surface area contributed by atoms with E-state index in [-0.39, 0.29) is 12.0 Å². The predicted molar refractivity (Wildman–Crippen MR) is 84.3 cm³/mol. The maximum atomic E-state index is 12.2. The summed E-state index contributed by atoms with van der Waals surface area (Å²) < 4.78 is 11.2. The van der Waals surface area contributed by atoms with Gasteiger partial charge in [-0.25, -0.2) is 0 Å². The van der Waals surface area contributed by atoms with Crippen molar-refractivity contribution >= 4 is 5.91 Å². The van der Waals surface area contributed by atoms with Crippen LogP contribution < -0.4 is 10.1 Å². The Labute approximate surface area is 131 Å². The molecule has 0 bridgehead atoms. The van der Waals surface area contributed by atoms with Crippen molar-refractivity contribution in [1.29, 1.82) is 0 Å². The van der Waals surface area contributed by atoms with E-state index in [1.807, 2.05) is 19.1 Å². The topological polar surface area (TPSA) is 50.8 Å². The molecule has 2 heterocycles. The number of hydrogen-bond donors (Lipinski definition) is 1. The van der Waals surface area contributed by atoms with Crippen LogP contribution in [0.4, 0.5) is 0 Å². The second-order valence-electron chi connectivity index (χ2n) is 5.91. The van der Waals surface area contributed by atoms with Crippen LogP contribution in [0.15, 0.2) is 24.3 Å². The molecule has 1 N–H and O–H groups in total. The van der Waals surface area contributed by atoms with Crippen LogP contribution >= 0.6 is 0 Å². The summed E-state index contributed by atoms with van der Waals surface area (Å²) in [4.78, 5) is 14.6. The maximum Gasteiger partial charge on any atom is 0.251 e. The number of carbonyl (C=O) groups is 1. The van der Waals surface area contributed by atoms with Gasteiger partial charge in [0.25, 0.3) is 5.91 Å². The van der Waals surface area contributed by atoms with Gasteiger partial charge in [-0.1, -0.05) is 0 Å². The summed E-state index contributed by atoms with van der Waals surface area (Å²) in [6.07, 6.45) is 2.60. The molecule has 2 aliphatic rings. The van der Waals surface area contributed by atoms with Crippen LogP contribution in [0.2, 0.25) is 0 Å². The fourth-order valence-corrected chi connectivity index (χ4v) is 3.19. The SMILES string of the molecule is CCOc1ccc(C(=O)NC[C@H]2CN3CCC[C@@H]3CO2)cc1. The molecule has 0 spiro atoms. The normalized spacial score (nSPS) is 24.8. The van der Waals surface area contributed by atoms with Gasteiger partial charge in [0, 0.05) is 24.7 Å². The average molecular weight is 304 g/mol. The molecule has 0 saturated carbocycles. The number of ether oxygens (including phenoxy) is 2. The van der Waals surface area contributed by atoms with Gasteiger partial charge in [-0.05, 0) is 50.6 Å². The van der Waals surface area contributed by atoms with E-state index < -0.39 is 0 Å². The zero-order chi connectivity index (χ0) is 15.4. The summed E-state index contributed by atoms with van der Waals surface area (Å²) in [5, 5.41) is 2.97. The molecule has 0 unspecified atom stereocenters. The third kappa shape index (κ3) is 3.59. The Balaban J connectivity index is 1.47. The van der Waals surface area contributed by atoms with Crippen molar-refractivity contribution in [2.45, 2.75) is 31.9 Å². The molecule has 1 amide bonds. The van der Waals surface area contributed by atoms with Crippen LogP contribution in [0.1, 0.15) is 30.1 Å². The number of morpholine rings is 1. The van der Waals surface area contributed by atoms with E-state index in [0.29, 0.717) is 24.8 Å². The molecule has 2 aliphatic heterocycles. The summed E-state index contributed by atoms with van der Waals surface area (Å²) in [5.74, 6) is 0.727. The van der Waals surface area contributed by atoms with Crippen molar-refractivity contribution < 1.29 is 14.3 Å². The molecule has 0 aliphatic carbocycles. The van der Waals surface area contributed by atoms with Crippen molar-refractivity contribution in [2.24, 2.45) is 0 Å². The third-order valence-electron chi connectivity index (χ3n) is 4.38. The zero-order valence-electron chi connectivity index (χ0n) is 13.1. The Bertz CT molecular complexity index is 503.